The third kappa shape index (κ3) is 3.37. The second-order valence-electron chi connectivity index (χ2n) is 7.55. The van der Waals surface area contributed by atoms with Crippen LogP contribution in [0.2, 0.25) is 0 Å². The van der Waals surface area contributed by atoms with Crippen LogP contribution in [0.25, 0.3) is 16.8 Å². The van der Waals surface area contributed by atoms with Crippen LogP contribution < -0.4 is 0 Å². The minimum absolute atomic E-state index is 0.165. The first-order valence-electron chi connectivity index (χ1n) is 9.99. The molecule has 0 aliphatic rings. The lowest BCUT2D eigenvalue weighted by atomic mass is 9.94. The molecule has 152 valence electrons. The summed E-state index contributed by atoms with van der Waals surface area (Å²) in [5.41, 5.74) is 6.57. The van der Waals surface area contributed by atoms with Crippen molar-refractivity contribution in [3.8, 4) is 11.1 Å². The van der Waals surface area contributed by atoms with E-state index in [9.17, 15) is 15.0 Å². The number of carboxylic acid groups (broad SMARTS) is 1. The molecule has 2 heterocycles. The average Bonchev–Trinajstić information content (AvgIpc) is 3.18. The van der Waals surface area contributed by atoms with E-state index in [1.165, 1.54) is 0 Å². The summed E-state index contributed by atoms with van der Waals surface area (Å²) in [6.45, 7) is 6.00. The Bertz CT molecular complexity index is 1240. The summed E-state index contributed by atoms with van der Waals surface area (Å²) in [5.74, 6) is -1.02. The minimum atomic E-state index is -1.02. The average molecular weight is 400 g/mol. The molecule has 2 N–H and O–H groups in total. The number of rotatable bonds is 5. The Morgan fingerprint density at radius 1 is 1.07 bits per heavy atom. The van der Waals surface area contributed by atoms with Gasteiger partial charge >= 0.3 is 5.97 Å². The highest BCUT2D eigenvalue weighted by Crippen LogP contribution is 2.32. The molecule has 0 aliphatic heterocycles. The van der Waals surface area contributed by atoms with Crippen LogP contribution in [0.3, 0.4) is 0 Å². The van der Waals surface area contributed by atoms with E-state index in [4.69, 9.17) is 0 Å². The Morgan fingerprint density at radius 3 is 2.47 bits per heavy atom. The van der Waals surface area contributed by atoms with E-state index in [1.807, 2.05) is 67.8 Å². The van der Waals surface area contributed by atoms with Gasteiger partial charge in [0.25, 0.3) is 0 Å². The maximum Gasteiger partial charge on any atom is 0.336 e. The van der Waals surface area contributed by atoms with Gasteiger partial charge in [0.05, 0.1) is 17.0 Å². The quantitative estimate of drug-likeness (QED) is 0.496. The van der Waals surface area contributed by atoms with E-state index < -0.39 is 12.1 Å². The van der Waals surface area contributed by atoms with Gasteiger partial charge in [0.15, 0.2) is 0 Å². The fraction of sp³-hybridized carbons (Fsp3) is 0.200. The molecule has 0 saturated heterocycles. The van der Waals surface area contributed by atoms with Gasteiger partial charge in [-0.3, -0.25) is 0 Å². The maximum atomic E-state index is 12.0. The van der Waals surface area contributed by atoms with Crippen molar-refractivity contribution in [2.45, 2.75) is 33.3 Å². The Morgan fingerprint density at radius 2 is 1.80 bits per heavy atom. The summed E-state index contributed by atoms with van der Waals surface area (Å²) >= 11 is 0. The van der Waals surface area contributed by atoms with Crippen LogP contribution in [0.1, 0.15) is 51.5 Å². The van der Waals surface area contributed by atoms with Gasteiger partial charge in [-0.25, -0.2) is 9.78 Å². The standard InChI is InChI=1S/C25H24N2O3/c1-4-19-14-27-22(15(2)12-16(3)24(27)26-19)23(28)18-10-11-20(21(13-18)25(29)30)17-8-6-5-7-9-17/h5-14,23,28H,4H2,1-3H3,(H,29,30). The Labute approximate surface area is 175 Å². The molecule has 0 radical (unpaired) electrons. The summed E-state index contributed by atoms with van der Waals surface area (Å²) in [5, 5.41) is 21.1. The van der Waals surface area contributed by atoms with Crippen LogP contribution in [0.15, 0.2) is 60.8 Å². The van der Waals surface area contributed by atoms with Gasteiger partial charge in [0.1, 0.15) is 11.8 Å². The van der Waals surface area contributed by atoms with Crippen molar-refractivity contribution in [3.63, 3.8) is 0 Å². The summed E-state index contributed by atoms with van der Waals surface area (Å²) in [4.78, 5) is 16.6. The fourth-order valence-corrected chi connectivity index (χ4v) is 4.00. The van der Waals surface area contributed by atoms with Crippen molar-refractivity contribution in [3.05, 3.63) is 94.4 Å². The monoisotopic (exact) mass is 400 g/mol. The number of nitrogens with zero attached hydrogens (tertiary/aromatic N) is 2. The molecular weight excluding hydrogens is 376 g/mol. The maximum absolute atomic E-state index is 12.0. The molecule has 0 amide bonds. The van der Waals surface area contributed by atoms with Gasteiger partial charge in [0, 0.05) is 6.20 Å². The molecule has 1 unspecified atom stereocenters. The number of fused-ring (bicyclic) bond motifs is 1. The highest BCUT2D eigenvalue weighted by Gasteiger charge is 2.22. The zero-order valence-electron chi connectivity index (χ0n) is 17.3. The van der Waals surface area contributed by atoms with E-state index in [1.54, 1.807) is 18.2 Å². The lowest BCUT2D eigenvalue weighted by Crippen LogP contribution is -2.11. The van der Waals surface area contributed by atoms with E-state index in [2.05, 4.69) is 4.98 Å². The molecule has 0 saturated carbocycles. The first-order valence-corrected chi connectivity index (χ1v) is 9.99. The van der Waals surface area contributed by atoms with Crippen LogP contribution in [0.4, 0.5) is 0 Å². The predicted octanol–water partition coefficient (Wildman–Crippen LogP) is 4.96. The van der Waals surface area contributed by atoms with E-state index in [0.29, 0.717) is 16.8 Å². The largest absolute Gasteiger partial charge is 0.478 e. The number of hydrogen-bond donors (Lipinski definition) is 2. The highest BCUT2D eigenvalue weighted by molar-refractivity contribution is 5.96. The molecule has 0 spiro atoms. The number of aliphatic hydroxyl groups excluding tert-OH is 1. The van der Waals surface area contributed by atoms with Gasteiger partial charge in [-0.2, -0.15) is 0 Å². The Balaban J connectivity index is 1.87. The molecule has 5 heteroatoms. The molecule has 30 heavy (non-hydrogen) atoms. The lowest BCUT2D eigenvalue weighted by Gasteiger charge is -2.19. The summed E-state index contributed by atoms with van der Waals surface area (Å²) in [6.07, 6.45) is 1.77. The molecule has 2 aromatic carbocycles. The molecule has 4 aromatic rings. The number of aryl methyl sites for hydroxylation is 3. The molecular formula is C25H24N2O3. The zero-order chi connectivity index (χ0) is 21.4. The molecule has 0 fully saturated rings. The van der Waals surface area contributed by atoms with E-state index in [0.717, 1.165) is 34.5 Å². The van der Waals surface area contributed by atoms with Crippen LogP contribution in [-0.4, -0.2) is 25.6 Å². The summed E-state index contributed by atoms with van der Waals surface area (Å²) < 4.78 is 1.93. The molecule has 0 aliphatic carbocycles. The minimum Gasteiger partial charge on any atom is -0.478 e. The second-order valence-corrected chi connectivity index (χ2v) is 7.55. The molecule has 5 nitrogen and oxygen atoms in total. The molecule has 0 bridgehead atoms. The molecule has 1 atom stereocenters. The molecule has 4 rings (SSSR count). The molecule has 2 aromatic heterocycles. The zero-order valence-corrected chi connectivity index (χ0v) is 17.3. The fourth-order valence-electron chi connectivity index (χ4n) is 4.00. The normalized spacial score (nSPS) is 12.3. The third-order valence-electron chi connectivity index (χ3n) is 5.50. The van der Waals surface area contributed by atoms with Crippen molar-refractivity contribution < 1.29 is 15.0 Å². The van der Waals surface area contributed by atoms with Crippen LogP contribution >= 0.6 is 0 Å². The number of hydrogen-bond acceptors (Lipinski definition) is 3. The van der Waals surface area contributed by atoms with E-state index >= 15 is 0 Å². The number of benzene rings is 2. The summed E-state index contributed by atoms with van der Waals surface area (Å²) in [7, 11) is 0. The topological polar surface area (TPSA) is 74.8 Å². The number of carbonyl (C=O) groups is 1. The number of aromatic carboxylic acids is 1. The number of aromatic nitrogens is 2. The van der Waals surface area contributed by atoms with Gasteiger partial charge < -0.3 is 14.6 Å². The van der Waals surface area contributed by atoms with Crippen LogP contribution in [0, 0.1) is 13.8 Å². The van der Waals surface area contributed by atoms with Crippen molar-refractivity contribution in [2.75, 3.05) is 0 Å². The lowest BCUT2D eigenvalue weighted by molar-refractivity contribution is 0.0697. The van der Waals surface area contributed by atoms with Gasteiger partial charge in [-0.05, 0) is 54.2 Å². The van der Waals surface area contributed by atoms with Crippen molar-refractivity contribution in [1.29, 1.82) is 0 Å². The number of pyridine rings is 1. The Hall–Kier alpha value is -3.44. The highest BCUT2D eigenvalue weighted by atomic mass is 16.4. The second kappa shape index (κ2) is 7.76. The van der Waals surface area contributed by atoms with E-state index in [-0.39, 0.29) is 5.56 Å². The smallest absolute Gasteiger partial charge is 0.336 e. The number of imidazole rings is 1. The van der Waals surface area contributed by atoms with Crippen molar-refractivity contribution in [1.82, 2.24) is 9.38 Å². The van der Waals surface area contributed by atoms with Crippen molar-refractivity contribution in [2.24, 2.45) is 0 Å². The van der Waals surface area contributed by atoms with Gasteiger partial charge in [-0.15, -0.1) is 0 Å². The third-order valence-corrected chi connectivity index (χ3v) is 5.50. The first kappa shape index (κ1) is 19.9. The number of carboxylic acids is 1. The number of aliphatic hydroxyl groups is 1. The van der Waals surface area contributed by atoms with Gasteiger partial charge in [0.2, 0.25) is 0 Å². The van der Waals surface area contributed by atoms with Crippen molar-refractivity contribution >= 4 is 11.6 Å². The Kier molecular flexibility index (Phi) is 5.14. The van der Waals surface area contributed by atoms with Crippen LogP contribution in [-0.2, 0) is 6.42 Å². The van der Waals surface area contributed by atoms with Gasteiger partial charge in [-0.1, -0.05) is 55.5 Å². The summed E-state index contributed by atoms with van der Waals surface area (Å²) in [6, 6.07) is 16.5. The predicted molar refractivity (Wildman–Crippen MR) is 117 cm³/mol. The van der Waals surface area contributed by atoms with Crippen LogP contribution in [0.5, 0.6) is 0 Å². The SMILES string of the molecule is CCc1cn2c(C(O)c3ccc(-c4ccccc4)c(C(=O)O)c3)c(C)cc(C)c2n1. The first-order chi connectivity index (χ1) is 14.4.